The van der Waals surface area contributed by atoms with Crippen LogP contribution in [0.2, 0.25) is 5.02 Å². The third-order valence-corrected chi connectivity index (χ3v) is 3.71. The molecule has 0 spiro atoms. The monoisotopic (exact) mass is 321 g/mol. The molecule has 0 aliphatic heterocycles. The molecule has 2 N–H and O–H groups in total. The van der Waals surface area contributed by atoms with E-state index >= 15 is 0 Å². The molecule has 0 radical (unpaired) electrons. The van der Waals surface area contributed by atoms with Crippen molar-refractivity contribution in [1.29, 1.82) is 0 Å². The van der Waals surface area contributed by atoms with Crippen LogP contribution in [0.15, 0.2) is 48.5 Å². The summed E-state index contributed by atoms with van der Waals surface area (Å²) in [6.45, 7) is 1.81. The van der Waals surface area contributed by atoms with Gasteiger partial charge >= 0.3 is 0 Å². The lowest BCUT2D eigenvalue weighted by Crippen LogP contribution is -2.28. The van der Waals surface area contributed by atoms with E-state index in [-0.39, 0.29) is 18.4 Å². The van der Waals surface area contributed by atoms with Crippen molar-refractivity contribution in [2.24, 2.45) is 0 Å². The summed E-state index contributed by atoms with van der Waals surface area (Å²) in [5, 5.41) is 13.3. The molecule has 0 aliphatic carbocycles. The minimum absolute atomic E-state index is 0.141. The Hall–Kier alpha value is -1.91. The van der Waals surface area contributed by atoms with Gasteiger partial charge in [-0.25, -0.2) is 4.39 Å². The van der Waals surface area contributed by atoms with E-state index in [9.17, 15) is 14.3 Å². The van der Waals surface area contributed by atoms with Crippen LogP contribution in [0, 0.1) is 5.82 Å². The predicted octanol–water partition coefficient (Wildman–Crippen LogP) is 3.78. The largest absolute Gasteiger partial charge is 0.388 e. The lowest BCUT2D eigenvalue weighted by molar-refractivity contribution is -0.123. The van der Waals surface area contributed by atoms with Crippen molar-refractivity contribution in [2.45, 2.75) is 25.5 Å². The Kier molecular flexibility index (Phi) is 5.52. The normalized spacial score (nSPS) is 13.5. The van der Waals surface area contributed by atoms with Gasteiger partial charge in [0.2, 0.25) is 5.91 Å². The Balaban J connectivity index is 1.97. The molecule has 0 saturated heterocycles. The Morgan fingerprint density at radius 2 is 2.00 bits per heavy atom. The molecule has 0 heterocycles. The molecule has 2 atom stereocenters. The van der Waals surface area contributed by atoms with Gasteiger partial charge in [0, 0.05) is 5.02 Å². The van der Waals surface area contributed by atoms with Crippen LogP contribution in [0.5, 0.6) is 0 Å². The average molecular weight is 322 g/mol. The summed E-state index contributed by atoms with van der Waals surface area (Å²) in [5.41, 5.74) is 1.18. The molecular weight excluding hydrogens is 305 g/mol. The lowest BCUT2D eigenvalue weighted by atomic mass is 10.0. The highest BCUT2D eigenvalue weighted by atomic mass is 35.5. The van der Waals surface area contributed by atoms with E-state index in [4.69, 9.17) is 11.6 Å². The van der Waals surface area contributed by atoms with Crippen molar-refractivity contribution in [3.63, 3.8) is 0 Å². The SMILES string of the molecule is CC(NC(=O)CC(O)c1cccc(F)c1)c1ccccc1Cl. The highest BCUT2D eigenvalue weighted by Crippen LogP contribution is 2.23. The average Bonchev–Trinajstić information content (AvgIpc) is 2.47. The third kappa shape index (κ3) is 4.29. The minimum atomic E-state index is -1.05. The molecule has 0 fully saturated rings. The number of hydrogen-bond acceptors (Lipinski definition) is 2. The Morgan fingerprint density at radius 3 is 2.68 bits per heavy atom. The van der Waals surface area contributed by atoms with Gasteiger partial charge in [0.05, 0.1) is 18.6 Å². The van der Waals surface area contributed by atoms with Crippen LogP contribution in [0.25, 0.3) is 0 Å². The van der Waals surface area contributed by atoms with Crippen LogP contribution in [-0.2, 0) is 4.79 Å². The maximum Gasteiger partial charge on any atom is 0.223 e. The molecular formula is C17H17ClFNO2. The summed E-state index contributed by atoms with van der Waals surface area (Å²) in [4.78, 5) is 12.0. The van der Waals surface area contributed by atoms with Crippen LogP contribution in [-0.4, -0.2) is 11.0 Å². The highest BCUT2D eigenvalue weighted by molar-refractivity contribution is 6.31. The molecule has 0 aromatic heterocycles. The van der Waals surface area contributed by atoms with Crippen molar-refractivity contribution >= 4 is 17.5 Å². The van der Waals surface area contributed by atoms with E-state index in [1.807, 2.05) is 25.1 Å². The number of benzene rings is 2. The fourth-order valence-corrected chi connectivity index (χ4v) is 2.51. The number of amides is 1. The fraction of sp³-hybridized carbons (Fsp3) is 0.235. The number of carbonyl (C=O) groups is 1. The molecule has 0 bridgehead atoms. The molecule has 2 rings (SSSR count). The number of aliphatic hydroxyl groups excluding tert-OH is 1. The van der Waals surface area contributed by atoms with Crippen LogP contribution in [0.1, 0.15) is 36.6 Å². The van der Waals surface area contributed by atoms with E-state index in [1.54, 1.807) is 12.1 Å². The van der Waals surface area contributed by atoms with Gasteiger partial charge < -0.3 is 10.4 Å². The lowest BCUT2D eigenvalue weighted by Gasteiger charge is -2.17. The summed E-state index contributed by atoms with van der Waals surface area (Å²) in [6.07, 6.45) is -1.19. The minimum Gasteiger partial charge on any atom is -0.388 e. The first-order valence-corrected chi connectivity index (χ1v) is 7.32. The molecule has 1 amide bonds. The number of hydrogen-bond donors (Lipinski definition) is 2. The van der Waals surface area contributed by atoms with Crippen molar-refractivity contribution in [1.82, 2.24) is 5.32 Å². The van der Waals surface area contributed by atoms with Gasteiger partial charge in [0.15, 0.2) is 0 Å². The van der Waals surface area contributed by atoms with Crippen molar-refractivity contribution in [3.8, 4) is 0 Å². The van der Waals surface area contributed by atoms with E-state index in [0.29, 0.717) is 10.6 Å². The van der Waals surface area contributed by atoms with Gasteiger partial charge in [-0.1, -0.05) is 41.9 Å². The molecule has 3 nitrogen and oxygen atoms in total. The molecule has 5 heteroatoms. The van der Waals surface area contributed by atoms with Crippen LogP contribution in [0.4, 0.5) is 4.39 Å². The van der Waals surface area contributed by atoms with Gasteiger partial charge in [-0.3, -0.25) is 4.79 Å². The Morgan fingerprint density at radius 1 is 1.27 bits per heavy atom. The first-order valence-electron chi connectivity index (χ1n) is 6.94. The van der Waals surface area contributed by atoms with E-state index in [1.165, 1.54) is 18.2 Å². The fourth-order valence-electron chi connectivity index (χ4n) is 2.21. The maximum atomic E-state index is 13.1. The van der Waals surface area contributed by atoms with Crippen molar-refractivity contribution in [2.75, 3.05) is 0 Å². The molecule has 116 valence electrons. The second kappa shape index (κ2) is 7.38. The van der Waals surface area contributed by atoms with Gasteiger partial charge in [0.25, 0.3) is 0 Å². The van der Waals surface area contributed by atoms with Crippen LogP contribution in [0.3, 0.4) is 0 Å². The number of halogens is 2. The number of nitrogens with one attached hydrogen (secondary N) is 1. The summed E-state index contributed by atoms with van der Waals surface area (Å²) in [6, 6.07) is 12.5. The first-order chi connectivity index (χ1) is 10.5. The highest BCUT2D eigenvalue weighted by Gasteiger charge is 2.17. The van der Waals surface area contributed by atoms with Gasteiger partial charge in [0.1, 0.15) is 5.82 Å². The molecule has 2 unspecified atom stereocenters. The first kappa shape index (κ1) is 16.5. The van der Waals surface area contributed by atoms with E-state index < -0.39 is 11.9 Å². The number of carbonyl (C=O) groups excluding carboxylic acids is 1. The molecule has 0 aliphatic rings. The molecule has 2 aromatic carbocycles. The Bertz CT molecular complexity index is 663. The van der Waals surface area contributed by atoms with Gasteiger partial charge in [-0.2, -0.15) is 0 Å². The summed E-state index contributed by atoms with van der Waals surface area (Å²) in [7, 11) is 0. The zero-order valence-electron chi connectivity index (χ0n) is 12.1. The van der Waals surface area contributed by atoms with E-state index in [0.717, 1.165) is 5.56 Å². The maximum absolute atomic E-state index is 13.1. The second-order valence-corrected chi connectivity index (χ2v) is 5.49. The number of rotatable bonds is 5. The molecule has 22 heavy (non-hydrogen) atoms. The van der Waals surface area contributed by atoms with Crippen LogP contribution < -0.4 is 5.32 Å². The zero-order valence-corrected chi connectivity index (χ0v) is 12.8. The summed E-state index contributed by atoms with van der Waals surface area (Å²) in [5.74, 6) is -0.773. The van der Waals surface area contributed by atoms with Gasteiger partial charge in [-0.15, -0.1) is 0 Å². The smallest absolute Gasteiger partial charge is 0.223 e. The number of aliphatic hydroxyl groups is 1. The standard InChI is InChI=1S/C17H17ClFNO2/c1-11(14-7-2-3-8-15(14)18)20-17(22)10-16(21)12-5-4-6-13(19)9-12/h2-9,11,16,21H,10H2,1H3,(H,20,22). The molecule has 0 saturated carbocycles. The zero-order chi connectivity index (χ0) is 16.1. The topological polar surface area (TPSA) is 49.3 Å². The summed E-state index contributed by atoms with van der Waals surface area (Å²) < 4.78 is 13.1. The van der Waals surface area contributed by atoms with Crippen LogP contribution >= 0.6 is 11.6 Å². The molecule has 2 aromatic rings. The quantitative estimate of drug-likeness (QED) is 0.880. The van der Waals surface area contributed by atoms with E-state index in [2.05, 4.69) is 5.32 Å². The second-order valence-electron chi connectivity index (χ2n) is 5.09. The predicted molar refractivity (Wildman–Crippen MR) is 84.0 cm³/mol. The van der Waals surface area contributed by atoms with Crippen molar-refractivity contribution < 1.29 is 14.3 Å². The summed E-state index contributed by atoms with van der Waals surface area (Å²) >= 11 is 6.08. The third-order valence-electron chi connectivity index (χ3n) is 3.36. The Labute approximate surface area is 133 Å². The van der Waals surface area contributed by atoms with Gasteiger partial charge in [-0.05, 0) is 36.2 Å². The van der Waals surface area contributed by atoms with Crippen molar-refractivity contribution in [3.05, 3.63) is 70.5 Å².